The van der Waals surface area contributed by atoms with Crippen LogP contribution in [0.5, 0.6) is 5.75 Å². The molecule has 2 saturated heterocycles. The fourth-order valence-electron chi connectivity index (χ4n) is 3.70. The number of hydrogen-bond acceptors (Lipinski definition) is 4. The predicted octanol–water partition coefficient (Wildman–Crippen LogP) is 2.08. The Balaban J connectivity index is 0.00000208. The van der Waals surface area contributed by atoms with Crippen molar-refractivity contribution in [1.82, 2.24) is 15.1 Å². The number of piperazine rings is 1. The average Bonchev–Trinajstić information content (AvgIpc) is 3.08. The summed E-state index contributed by atoms with van der Waals surface area (Å²) in [5.41, 5.74) is 1.25. The van der Waals surface area contributed by atoms with Gasteiger partial charge in [-0.25, -0.2) is 0 Å². The van der Waals surface area contributed by atoms with E-state index in [1.165, 1.54) is 12.0 Å². The van der Waals surface area contributed by atoms with E-state index >= 15 is 0 Å². The first-order valence-electron chi connectivity index (χ1n) is 8.65. The molecule has 5 nitrogen and oxygen atoms in total. The Morgan fingerprint density at radius 2 is 2.00 bits per heavy atom. The lowest BCUT2D eigenvalue weighted by molar-refractivity contribution is -0.132. The lowest BCUT2D eigenvalue weighted by Gasteiger charge is -2.30. The summed E-state index contributed by atoms with van der Waals surface area (Å²) in [7, 11) is 1.73. The minimum atomic E-state index is 0. The second-order valence-corrected chi connectivity index (χ2v) is 6.32. The molecule has 3 rings (SSSR count). The first-order valence-corrected chi connectivity index (χ1v) is 8.65. The van der Waals surface area contributed by atoms with Gasteiger partial charge in [0.2, 0.25) is 5.91 Å². The Kier molecular flexibility index (Phi) is 7.34. The summed E-state index contributed by atoms with van der Waals surface area (Å²) in [6.07, 6.45) is 2.94. The molecule has 0 aromatic heterocycles. The summed E-state index contributed by atoms with van der Waals surface area (Å²) in [6, 6.07) is 8.63. The van der Waals surface area contributed by atoms with Crippen LogP contribution in [0.3, 0.4) is 0 Å². The van der Waals surface area contributed by atoms with Crippen molar-refractivity contribution in [3.05, 3.63) is 29.8 Å². The number of likely N-dealkylation sites (tertiary alicyclic amines) is 1. The Morgan fingerprint density at radius 1 is 1.25 bits per heavy atom. The topological polar surface area (TPSA) is 44.8 Å². The van der Waals surface area contributed by atoms with Gasteiger partial charge in [-0.1, -0.05) is 18.2 Å². The van der Waals surface area contributed by atoms with Crippen LogP contribution in [0, 0.1) is 0 Å². The van der Waals surface area contributed by atoms with Crippen LogP contribution >= 0.6 is 12.4 Å². The number of para-hydroxylation sites is 1. The van der Waals surface area contributed by atoms with E-state index in [0.717, 1.165) is 51.4 Å². The third-order valence-corrected chi connectivity index (χ3v) is 4.94. The highest BCUT2D eigenvalue weighted by Crippen LogP contribution is 2.36. The van der Waals surface area contributed by atoms with Crippen molar-refractivity contribution in [2.45, 2.75) is 25.3 Å². The van der Waals surface area contributed by atoms with Gasteiger partial charge in [0.1, 0.15) is 5.75 Å². The lowest BCUT2D eigenvalue weighted by Crippen LogP contribution is -2.47. The number of hydrogen-bond donors (Lipinski definition) is 1. The first-order chi connectivity index (χ1) is 11.3. The van der Waals surface area contributed by atoms with Gasteiger partial charge in [0.25, 0.3) is 0 Å². The van der Waals surface area contributed by atoms with Crippen LogP contribution in [0.1, 0.15) is 30.9 Å². The van der Waals surface area contributed by atoms with Crippen molar-refractivity contribution in [3.8, 4) is 5.75 Å². The van der Waals surface area contributed by atoms with Gasteiger partial charge >= 0.3 is 0 Å². The van der Waals surface area contributed by atoms with E-state index in [2.05, 4.69) is 22.3 Å². The van der Waals surface area contributed by atoms with Gasteiger partial charge < -0.3 is 15.0 Å². The average molecular weight is 354 g/mol. The summed E-state index contributed by atoms with van der Waals surface area (Å²) in [4.78, 5) is 16.8. The molecule has 0 spiro atoms. The summed E-state index contributed by atoms with van der Waals surface area (Å²) in [5, 5.41) is 3.29. The molecular weight excluding hydrogens is 326 g/mol. The van der Waals surface area contributed by atoms with E-state index in [4.69, 9.17) is 4.74 Å². The molecule has 0 bridgehead atoms. The van der Waals surface area contributed by atoms with Crippen LogP contribution < -0.4 is 10.1 Å². The molecule has 1 amide bonds. The number of nitrogens with zero attached hydrogens (tertiary/aromatic N) is 2. The number of carbonyl (C=O) groups excluding carboxylic acids is 1. The molecule has 2 fully saturated rings. The summed E-state index contributed by atoms with van der Waals surface area (Å²) >= 11 is 0. The molecule has 2 aliphatic heterocycles. The number of benzene rings is 1. The zero-order valence-corrected chi connectivity index (χ0v) is 15.2. The fraction of sp³-hybridized carbons (Fsp3) is 0.611. The number of nitrogens with one attached hydrogen (secondary N) is 1. The molecule has 1 atom stereocenters. The van der Waals surface area contributed by atoms with E-state index in [1.807, 2.05) is 17.0 Å². The zero-order chi connectivity index (χ0) is 16.1. The van der Waals surface area contributed by atoms with E-state index in [0.29, 0.717) is 12.5 Å². The second kappa shape index (κ2) is 9.25. The van der Waals surface area contributed by atoms with Gasteiger partial charge in [-0.2, -0.15) is 0 Å². The Labute approximate surface area is 150 Å². The third-order valence-electron chi connectivity index (χ3n) is 4.94. The number of amides is 1. The van der Waals surface area contributed by atoms with Crippen molar-refractivity contribution in [2.75, 3.05) is 46.4 Å². The minimum absolute atomic E-state index is 0. The van der Waals surface area contributed by atoms with Crippen LogP contribution in [-0.2, 0) is 4.79 Å². The van der Waals surface area contributed by atoms with Gasteiger partial charge in [0.05, 0.1) is 7.11 Å². The Hall–Kier alpha value is -1.30. The number of ether oxygens (including phenoxy) is 1. The van der Waals surface area contributed by atoms with Crippen molar-refractivity contribution in [2.24, 2.45) is 0 Å². The number of methoxy groups -OCH3 is 1. The maximum atomic E-state index is 12.4. The molecule has 1 unspecified atom stereocenters. The molecule has 0 radical (unpaired) electrons. The van der Waals surface area contributed by atoms with Gasteiger partial charge in [0, 0.05) is 50.7 Å². The van der Waals surface area contributed by atoms with Gasteiger partial charge in [-0.05, 0) is 25.5 Å². The molecule has 0 aliphatic carbocycles. The van der Waals surface area contributed by atoms with E-state index in [1.54, 1.807) is 7.11 Å². The number of halogens is 1. The Bertz CT molecular complexity index is 535. The van der Waals surface area contributed by atoms with Crippen molar-refractivity contribution in [3.63, 3.8) is 0 Å². The highest BCUT2D eigenvalue weighted by Gasteiger charge is 2.28. The normalized spacial score (nSPS) is 21.4. The minimum Gasteiger partial charge on any atom is -0.496 e. The van der Waals surface area contributed by atoms with Gasteiger partial charge in [0.15, 0.2) is 0 Å². The van der Waals surface area contributed by atoms with Crippen LogP contribution in [0.15, 0.2) is 24.3 Å². The number of carbonyl (C=O) groups is 1. The standard InChI is InChI=1S/C18H27N3O2.ClH/c1-23-17-7-3-2-5-15(17)16-6-4-11-20(16)12-8-18(22)21-13-9-19-10-14-21;/h2-3,5,7,16,19H,4,6,8-14H2,1H3;1H. The molecule has 1 N–H and O–H groups in total. The monoisotopic (exact) mass is 353 g/mol. The highest BCUT2D eigenvalue weighted by molar-refractivity contribution is 5.85. The maximum absolute atomic E-state index is 12.4. The molecule has 1 aromatic carbocycles. The number of rotatable bonds is 5. The molecule has 6 heteroatoms. The molecule has 24 heavy (non-hydrogen) atoms. The molecule has 2 aliphatic rings. The third kappa shape index (κ3) is 4.41. The van der Waals surface area contributed by atoms with Crippen LogP contribution in [0.4, 0.5) is 0 Å². The largest absolute Gasteiger partial charge is 0.496 e. The zero-order valence-electron chi connectivity index (χ0n) is 14.4. The predicted molar refractivity (Wildman–Crippen MR) is 97.9 cm³/mol. The van der Waals surface area contributed by atoms with Crippen molar-refractivity contribution >= 4 is 18.3 Å². The van der Waals surface area contributed by atoms with Gasteiger partial charge in [-0.3, -0.25) is 9.69 Å². The molecule has 0 saturated carbocycles. The van der Waals surface area contributed by atoms with E-state index in [-0.39, 0.29) is 18.3 Å². The molecule has 134 valence electrons. The van der Waals surface area contributed by atoms with Crippen LogP contribution in [0.2, 0.25) is 0 Å². The molecule has 2 heterocycles. The summed E-state index contributed by atoms with van der Waals surface area (Å²) in [5.74, 6) is 1.25. The van der Waals surface area contributed by atoms with E-state index in [9.17, 15) is 4.79 Å². The van der Waals surface area contributed by atoms with E-state index < -0.39 is 0 Å². The fourth-order valence-corrected chi connectivity index (χ4v) is 3.70. The second-order valence-electron chi connectivity index (χ2n) is 6.32. The first kappa shape index (κ1) is 19.0. The lowest BCUT2D eigenvalue weighted by atomic mass is 10.0. The SMILES string of the molecule is COc1ccccc1C1CCCN1CCC(=O)N1CCNCC1.Cl. The smallest absolute Gasteiger partial charge is 0.223 e. The highest BCUT2D eigenvalue weighted by atomic mass is 35.5. The summed E-state index contributed by atoms with van der Waals surface area (Å²) in [6.45, 7) is 5.42. The maximum Gasteiger partial charge on any atom is 0.223 e. The quantitative estimate of drug-likeness (QED) is 0.880. The Morgan fingerprint density at radius 3 is 2.75 bits per heavy atom. The molecular formula is C18H28ClN3O2. The molecule has 1 aromatic rings. The van der Waals surface area contributed by atoms with Crippen LogP contribution in [-0.4, -0.2) is 62.1 Å². The van der Waals surface area contributed by atoms with Crippen molar-refractivity contribution in [1.29, 1.82) is 0 Å². The summed E-state index contributed by atoms with van der Waals surface area (Å²) < 4.78 is 5.52. The van der Waals surface area contributed by atoms with Crippen molar-refractivity contribution < 1.29 is 9.53 Å². The van der Waals surface area contributed by atoms with Gasteiger partial charge in [-0.15, -0.1) is 12.4 Å². The van der Waals surface area contributed by atoms with Crippen LogP contribution in [0.25, 0.3) is 0 Å².